The number of hydrogen-bond donors (Lipinski definition) is 2. The molecule has 0 saturated heterocycles. The van der Waals surface area contributed by atoms with Gasteiger partial charge in [-0.2, -0.15) is 0 Å². The van der Waals surface area contributed by atoms with Crippen LogP contribution in [0.1, 0.15) is 11.1 Å². The Morgan fingerprint density at radius 1 is 0.828 bits per heavy atom. The third kappa shape index (κ3) is 5.26. The second-order valence-corrected chi connectivity index (χ2v) is 7.29. The van der Waals surface area contributed by atoms with Gasteiger partial charge in [-0.1, -0.05) is 48.5 Å². The average molecular weight is 457 g/mol. The number of carbonyl (C=O) groups excluding carboxylic acids is 2. The maximum Gasteiger partial charge on any atom is 0.276 e. The molecule has 2 N–H and O–H groups in total. The lowest BCUT2D eigenvalue weighted by Gasteiger charge is -2.13. The van der Waals surface area contributed by atoms with Gasteiger partial charge in [0.05, 0.1) is 4.47 Å². The van der Waals surface area contributed by atoms with Crippen molar-refractivity contribution in [2.24, 2.45) is 0 Å². The number of hydrogen-bond acceptors (Lipinski definition) is 4. The van der Waals surface area contributed by atoms with E-state index in [1.807, 2.05) is 62.4 Å². The maximum absolute atomic E-state index is 12.0. The van der Waals surface area contributed by atoms with Crippen molar-refractivity contribution in [2.75, 3.05) is 13.2 Å². The summed E-state index contributed by atoms with van der Waals surface area (Å²) in [5.74, 6) is 0.264. The summed E-state index contributed by atoms with van der Waals surface area (Å²) in [6.45, 7) is 3.37. The molecule has 150 valence electrons. The third-order valence-electron chi connectivity index (χ3n) is 4.28. The van der Waals surface area contributed by atoms with Crippen LogP contribution in [-0.2, 0) is 9.59 Å². The SMILES string of the molecule is Cc1cccc(C)c1OCC(=O)NNC(=O)COc1ccc2ccccc2c1Br. The fraction of sp³-hybridized carbons (Fsp3) is 0.182. The van der Waals surface area contributed by atoms with E-state index in [1.165, 1.54) is 0 Å². The Hall–Kier alpha value is -3.06. The van der Waals surface area contributed by atoms with Gasteiger partial charge in [0.1, 0.15) is 11.5 Å². The number of hydrazine groups is 1. The fourth-order valence-electron chi connectivity index (χ4n) is 2.84. The van der Waals surface area contributed by atoms with Crippen molar-refractivity contribution in [3.8, 4) is 11.5 Å². The molecule has 0 unspecified atom stereocenters. The molecule has 0 aliphatic heterocycles. The number of carbonyl (C=O) groups is 2. The van der Waals surface area contributed by atoms with E-state index >= 15 is 0 Å². The minimum absolute atomic E-state index is 0.205. The highest BCUT2D eigenvalue weighted by Crippen LogP contribution is 2.32. The van der Waals surface area contributed by atoms with Gasteiger partial charge in [-0.25, -0.2) is 0 Å². The molecule has 0 heterocycles. The van der Waals surface area contributed by atoms with Crippen molar-refractivity contribution in [3.63, 3.8) is 0 Å². The first-order valence-corrected chi connectivity index (χ1v) is 9.81. The topological polar surface area (TPSA) is 76.7 Å². The fourth-order valence-corrected chi connectivity index (χ4v) is 3.45. The number of halogens is 1. The molecule has 0 bridgehead atoms. The Balaban J connectivity index is 1.46. The normalized spacial score (nSPS) is 10.4. The number of nitrogens with one attached hydrogen (secondary N) is 2. The van der Waals surface area contributed by atoms with Gasteiger partial charge >= 0.3 is 0 Å². The molecule has 29 heavy (non-hydrogen) atoms. The minimum atomic E-state index is -0.481. The van der Waals surface area contributed by atoms with Crippen LogP contribution in [0.25, 0.3) is 10.8 Å². The number of para-hydroxylation sites is 1. The molecular weight excluding hydrogens is 436 g/mol. The molecule has 6 nitrogen and oxygen atoms in total. The van der Waals surface area contributed by atoms with Crippen LogP contribution in [0, 0.1) is 13.8 Å². The van der Waals surface area contributed by atoms with Crippen LogP contribution in [-0.4, -0.2) is 25.0 Å². The van der Waals surface area contributed by atoms with Gasteiger partial charge in [-0.3, -0.25) is 20.4 Å². The van der Waals surface area contributed by atoms with E-state index in [-0.39, 0.29) is 13.2 Å². The molecular formula is C22H21BrN2O4. The summed E-state index contributed by atoms with van der Waals surface area (Å²) >= 11 is 3.51. The third-order valence-corrected chi connectivity index (χ3v) is 5.10. The number of aryl methyl sites for hydroxylation is 2. The van der Waals surface area contributed by atoms with Crippen LogP contribution in [0.4, 0.5) is 0 Å². The lowest BCUT2D eigenvalue weighted by molar-refractivity contribution is -0.131. The number of fused-ring (bicyclic) bond motifs is 1. The van der Waals surface area contributed by atoms with E-state index in [0.717, 1.165) is 26.4 Å². The van der Waals surface area contributed by atoms with Crippen molar-refractivity contribution >= 4 is 38.5 Å². The van der Waals surface area contributed by atoms with Gasteiger partial charge in [0.15, 0.2) is 13.2 Å². The van der Waals surface area contributed by atoms with Crippen LogP contribution in [0.3, 0.4) is 0 Å². The van der Waals surface area contributed by atoms with E-state index < -0.39 is 11.8 Å². The maximum atomic E-state index is 12.0. The smallest absolute Gasteiger partial charge is 0.276 e. The summed E-state index contributed by atoms with van der Waals surface area (Å²) in [6.07, 6.45) is 0. The molecule has 0 aliphatic carbocycles. The summed E-state index contributed by atoms with van der Waals surface area (Å²) in [4.78, 5) is 23.9. The Labute approximate surface area is 177 Å². The number of rotatable bonds is 6. The van der Waals surface area contributed by atoms with Gasteiger partial charge < -0.3 is 9.47 Å². The lowest BCUT2D eigenvalue weighted by atomic mass is 10.1. The average Bonchev–Trinajstić information content (AvgIpc) is 2.71. The van der Waals surface area contributed by atoms with E-state index in [1.54, 1.807) is 6.07 Å². The summed E-state index contributed by atoms with van der Waals surface area (Å²) in [5.41, 5.74) is 6.51. The Morgan fingerprint density at radius 3 is 2.14 bits per heavy atom. The van der Waals surface area contributed by atoms with Gasteiger partial charge in [0.2, 0.25) is 0 Å². The minimum Gasteiger partial charge on any atom is -0.483 e. The summed E-state index contributed by atoms with van der Waals surface area (Å²) in [5, 5.41) is 2.05. The van der Waals surface area contributed by atoms with E-state index in [9.17, 15) is 9.59 Å². The van der Waals surface area contributed by atoms with Crippen molar-refractivity contribution in [1.82, 2.24) is 10.9 Å². The summed E-state index contributed by atoms with van der Waals surface area (Å²) in [6, 6.07) is 17.3. The Bertz CT molecular complexity index is 1030. The highest BCUT2D eigenvalue weighted by atomic mass is 79.9. The second kappa shape index (κ2) is 9.43. The van der Waals surface area contributed by atoms with Crippen LogP contribution in [0.5, 0.6) is 11.5 Å². The first-order valence-electron chi connectivity index (χ1n) is 9.02. The molecule has 3 aromatic rings. The lowest BCUT2D eigenvalue weighted by Crippen LogP contribution is -2.45. The molecule has 0 radical (unpaired) electrons. The molecule has 0 aliphatic rings. The predicted molar refractivity (Wildman–Crippen MR) is 115 cm³/mol. The standard InChI is InChI=1S/C22H21BrN2O4/c1-14-6-5-7-15(2)22(14)29-13-20(27)25-24-19(26)12-28-18-11-10-16-8-3-4-9-17(16)21(18)23/h3-11H,12-13H2,1-2H3,(H,24,26)(H,25,27). The van der Waals surface area contributed by atoms with Crippen molar-refractivity contribution in [3.05, 3.63) is 70.2 Å². The zero-order chi connectivity index (χ0) is 20.8. The Kier molecular flexibility index (Phi) is 6.72. The van der Waals surface area contributed by atoms with Gasteiger partial charge in [0, 0.05) is 0 Å². The first kappa shape index (κ1) is 20.7. The van der Waals surface area contributed by atoms with Crippen LogP contribution in [0.15, 0.2) is 59.1 Å². The molecule has 0 aromatic heterocycles. The van der Waals surface area contributed by atoms with Crippen molar-refractivity contribution in [1.29, 1.82) is 0 Å². The Morgan fingerprint density at radius 2 is 1.45 bits per heavy atom. The number of ether oxygens (including phenoxy) is 2. The number of benzene rings is 3. The second-order valence-electron chi connectivity index (χ2n) is 6.49. The quantitative estimate of drug-likeness (QED) is 0.552. The van der Waals surface area contributed by atoms with Gasteiger partial charge in [-0.05, 0) is 57.7 Å². The summed E-state index contributed by atoms with van der Waals surface area (Å²) < 4.78 is 11.9. The molecule has 3 rings (SSSR count). The molecule has 0 spiro atoms. The monoisotopic (exact) mass is 456 g/mol. The van der Waals surface area contributed by atoms with Gasteiger partial charge in [0.25, 0.3) is 11.8 Å². The van der Waals surface area contributed by atoms with Gasteiger partial charge in [-0.15, -0.1) is 0 Å². The zero-order valence-electron chi connectivity index (χ0n) is 16.1. The zero-order valence-corrected chi connectivity index (χ0v) is 17.7. The molecule has 3 aromatic carbocycles. The van der Waals surface area contributed by atoms with Crippen molar-refractivity contribution in [2.45, 2.75) is 13.8 Å². The molecule has 0 atom stereocenters. The van der Waals surface area contributed by atoms with Crippen LogP contribution in [0.2, 0.25) is 0 Å². The first-order chi connectivity index (χ1) is 14.0. The van der Waals surface area contributed by atoms with E-state index in [0.29, 0.717) is 11.5 Å². The highest BCUT2D eigenvalue weighted by Gasteiger charge is 2.11. The summed E-state index contributed by atoms with van der Waals surface area (Å²) in [7, 11) is 0. The molecule has 7 heteroatoms. The molecule has 0 fully saturated rings. The molecule has 0 saturated carbocycles. The number of amides is 2. The van der Waals surface area contributed by atoms with Crippen LogP contribution < -0.4 is 20.3 Å². The van der Waals surface area contributed by atoms with E-state index in [2.05, 4.69) is 26.8 Å². The largest absolute Gasteiger partial charge is 0.483 e. The predicted octanol–water partition coefficient (Wildman–Crippen LogP) is 3.82. The molecule has 2 amide bonds. The van der Waals surface area contributed by atoms with Crippen molar-refractivity contribution < 1.29 is 19.1 Å². The highest BCUT2D eigenvalue weighted by molar-refractivity contribution is 9.10. The van der Waals surface area contributed by atoms with E-state index in [4.69, 9.17) is 9.47 Å². The van der Waals surface area contributed by atoms with Crippen LogP contribution >= 0.6 is 15.9 Å².